The van der Waals surface area contributed by atoms with Crippen LogP contribution in [0.1, 0.15) is 17.4 Å². The third-order valence-electron chi connectivity index (χ3n) is 1.18. The molecule has 1 amide bonds. The maximum atomic E-state index is 11.0. The normalized spacial score (nSPS) is 9.30. The number of H-pyrrole nitrogens is 1. The summed E-state index contributed by atoms with van der Waals surface area (Å²) in [6, 6.07) is 3.54. The van der Waals surface area contributed by atoms with Gasteiger partial charge in [-0.25, -0.2) is 0 Å². The van der Waals surface area contributed by atoms with Crippen molar-refractivity contribution in [1.29, 1.82) is 0 Å². The smallest absolute Gasteiger partial charge is 0.267 e. The Hall–Kier alpha value is -1.25. The highest BCUT2D eigenvalue weighted by Gasteiger charge is 2.01. The van der Waals surface area contributed by atoms with Crippen molar-refractivity contribution in [2.75, 3.05) is 6.54 Å². The number of hydrogen-bond acceptors (Lipinski definition) is 1. The molecule has 3 heteroatoms. The largest absolute Gasteiger partial charge is 0.357 e. The van der Waals surface area contributed by atoms with E-state index in [1.807, 2.05) is 6.92 Å². The molecule has 0 radical (unpaired) electrons. The summed E-state index contributed by atoms with van der Waals surface area (Å²) in [5.74, 6) is -0.0486. The lowest BCUT2D eigenvalue weighted by molar-refractivity contribution is 0.0951. The Kier molecular flexibility index (Phi) is 2.10. The fourth-order valence-corrected chi connectivity index (χ4v) is 0.727. The van der Waals surface area contributed by atoms with E-state index in [1.165, 1.54) is 0 Å². The molecule has 0 unspecified atom stereocenters. The molecule has 2 N–H and O–H groups in total. The van der Waals surface area contributed by atoms with Crippen LogP contribution < -0.4 is 5.32 Å². The van der Waals surface area contributed by atoms with Crippen LogP contribution in [-0.2, 0) is 0 Å². The Morgan fingerprint density at radius 3 is 3.10 bits per heavy atom. The Morgan fingerprint density at radius 2 is 2.60 bits per heavy atom. The van der Waals surface area contributed by atoms with Gasteiger partial charge in [0.15, 0.2) is 0 Å². The van der Waals surface area contributed by atoms with E-state index in [2.05, 4.69) is 10.3 Å². The zero-order valence-corrected chi connectivity index (χ0v) is 5.85. The monoisotopic (exact) mass is 138 g/mol. The molecule has 0 aliphatic carbocycles. The van der Waals surface area contributed by atoms with Crippen LogP contribution in [0.15, 0.2) is 18.3 Å². The molecule has 0 spiro atoms. The van der Waals surface area contributed by atoms with E-state index in [1.54, 1.807) is 18.3 Å². The summed E-state index contributed by atoms with van der Waals surface area (Å²) in [5, 5.41) is 2.68. The quantitative estimate of drug-likeness (QED) is 0.622. The molecule has 10 heavy (non-hydrogen) atoms. The summed E-state index contributed by atoms with van der Waals surface area (Å²) in [4.78, 5) is 13.8. The van der Waals surface area contributed by atoms with Crippen LogP contribution in [0.5, 0.6) is 0 Å². The fourth-order valence-electron chi connectivity index (χ4n) is 0.727. The zero-order valence-electron chi connectivity index (χ0n) is 5.85. The SMILES string of the molecule is CCNC(=O)c1ccc[nH]1. The van der Waals surface area contributed by atoms with E-state index in [4.69, 9.17) is 0 Å². The number of aromatic nitrogens is 1. The standard InChI is InChI=1S/C7H10N2O/c1-2-8-7(10)6-4-3-5-9-6/h3-5,9H,2H2,1H3,(H,8,10). The van der Waals surface area contributed by atoms with Gasteiger partial charge in [0, 0.05) is 12.7 Å². The molecule has 1 aromatic rings. The van der Waals surface area contributed by atoms with Crippen molar-refractivity contribution in [2.45, 2.75) is 6.92 Å². The first-order valence-electron chi connectivity index (χ1n) is 3.26. The molecule has 0 saturated heterocycles. The van der Waals surface area contributed by atoms with Crippen LogP contribution in [0.4, 0.5) is 0 Å². The molecular formula is C7H10N2O. The molecule has 0 aliphatic rings. The highest BCUT2D eigenvalue weighted by atomic mass is 16.1. The number of amides is 1. The Labute approximate surface area is 59.4 Å². The predicted molar refractivity (Wildman–Crippen MR) is 38.8 cm³/mol. The van der Waals surface area contributed by atoms with Gasteiger partial charge in [0.05, 0.1) is 0 Å². The maximum Gasteiger partial charge on any atom is 0.267 e. The minimum Gasteiger partial charge on any atom is -0.357 e. The van der Waals surface area contributed by atoms with Crippen LogP contribution in [0.2, 0.25) is 0 Å². The average molecular weight is 138 g/mol. The van der Waals surface area contributed by atoms with Crippen LogP contribution in [0, 0.1) is 0 Å². The lowest BCUT2D eigenvalue weighted by Gasteiger charge is -1.96. The van der Waals surface area contributed by atoms with Gasteiger partial charge in [-0.1, -0.05) is 0 Å². The van der Waals surface area contributed by atoms with Gasteiger partial charge >= 0.3 is 0 Å². The third kappa shape index (κ3) is 1.37. The Morgan fingerprint density at radius 1 is 1.80 bits per heavy atom. The fraction of sp³-hybridized carbons (Fsp3) is 0.286. The van der Waals surface area contributed by atoms with Gasteiger partial charge in [0.25, 0.3) is 5.91 Å². The van der Waals surface area contributed by atoms with Gasteiger partial charge in [-0.15, -0.1) is 0 Å². The molecule has 0 bridgehead atoms. The molecule has 1 rings (SSSR count). The summed E-state index contributed by atoms with van der Waals surface area (Å²) in [6.07, 6.45) is 1.73. The zero-order chi connectivity index (χ0) is 7.40. The molecule has 0 atom stereocenters. The van der Waals surface area contributed by atoms with E-state index in [-0.39, 0.29) is 5.91 Å². The summed E-state index contributed by atoms with van der Waals surface area (Å²) in [5.41, 5.74) is 0.613. The van der Waals surface area contributed by atoms with E-state index >= 15 is 0 Å². The van der Waals surface area contributed by atoms with Crippen molar-refractivity contribution in [1.82, 2.24) is 10.3 Å². The Balaban J connectivity index is 2.59. The summed E-state index contributed by atoms with van der Waals surface area (Å²) in [6.45, 7) is 2.55. The van der Waals surface area contributed by atoms with Crippen molar-refractivity contribution in [3.63, 3.8) is 0 Å². The second kappa shape index (κ2) is 3.06. The van der Waals surface area contributed by atoms with Gasteiger partial charge in [0.1, 0.15) is 5.69 Å². The van der Waals surface area contributed by atoms with Gasteiger partial charge in [-0.05, 0) is 19.1 Å². The van der Waals surface area contributed by atoms with Crippen LogP contribution in [-0.4, -0.2) is 17.4 Å². The van der Waals surface area contributed by atoms with Crippen molar-refractivity contribution in [3.05, 3.63) is 24.0 Å². The molecule has 1 aromatic heterocycles. The number of hydrogen-bond donors (Lipinski definition) is 2. The first kappa shape index (κ1) is 6.86. The van der Waals surface area contributed by atoms with Crippen molar-refractivity contribution in [2.24, 2.45) is 0 Å². The summed E-state index contributed by atoms with van der Waals surface area (Å²) >= 11 is 0. The molecule has 0 saturated carbocycles. The lowest BCUT2D eigenvalue weighted by atomic mass is 10.4. The minimum absolute atomic E-state index is 0.0486. The van der Waals surface area contributed by atoms with Crippen molar-refractivity contribution >= 4 is 5.91 Å². The molecule has 0 fully saturated rings. The van der Waals surface area contributed by atoms with Crippen LogP contribution >= 0.6 is 0 Å². The summed E-state index contributed by atoms with van der Waals surface area (Å²) in [7, 11) is 0. The number of carbonyl (C=O) groups is 1. The molecule has 54 valence electrons. The minimum atomic E-state index is -0.0486. The average Bonchev–Trinajstić information content (AvgIpc) is 2.38. The second-order valence-electron chi connectivity index (χ2n) is 1.94. The van der Waals surface area contributed by atoms with Crippen LogP contribution in [0.3, 0.4) is 0 Å². The molecule has 3 nitrogen and oxygen atoms in total. The number of carbonyl (C=O) groups excluding carboxylic acids is 1. The number of rotatable bonds is 2. The predicted octanol–water partition coefficient (Wildman–Crippen LogP) is 0.764. The molecule has 1 heterocycles. The van der Waals surface area contributed by atoms with E-state index in [9.17, 15) is 4.79 Å². The van der Waals surface area contributed by atoms with E-state index in [0.717, 1.165) is 0 Å². The van der Waals surface area contributed by atoms with Gasteiger partial charge < -0.3 is 10.3 Å². The summed E-state index contributed by atoms with van der Waals surface area (Å²) < 4.78 is 0. The molecule has 0 aliphatic heterocycles. The van der Waals surface area contributed by atoms with Gasteiger partial charge in [-0.3, -0.25) is 4.79 Å². The van der Waals surface area contributed by atoms with Crippen molar-refractivity contribution in [3.8, 4) is 0 Å². The highest BCUT2D eigenvalue weighted by molar-refractivity contribution is 5.92. The van der Waals surface area contributed by atoms with Crippen molar-refractivity contribution < 1.29 is 4.79 Å². The highest BCUT2D eigenvalue weighted by Crippen LogP contribution is 1.92. The van der Waals surface area contributed by atoms with Gasteiger partial charge in [0.2, 0.25) is 0 Å². The maximum absolute atomic E-state index is 11.0. The second-order valence-corrected chi connectivity index (χ2v) is 1.94. The molecule has 0 aromatic carbocycles. The first-order chi connectivity index (χ1) is 4.84. The number of aromatic amines is 1. The number of nitrogens with one attached hydrogen (secondary N) is 2. The van der Waals surface area contributed by atoms with E-state index < -0.39 is 0 Å². The molecular weight excluding hydrogens is 128 g/mol. The Bertz CT molecular complexity index is 203. The van der Waals surface area contributed by atoms with Crippen LogP contribution in [0.25, 0.3) is 0 Å². The van der Waals surface area contributed by atoms with Gasteiger partial charge in [-0.2, -0.15) is 0 Å². The van der Waals surface area contributed by atoms with E-state index in [0.29, 0.717) is 12.2 Å². The lowest BCUT2D eigenvalue weighted by Crippen LogP contribution is -2.22. The topological polar surface area (TPSA) is 44.9 Å². The first-order valence-corrected chi connectivity index (χ1v) is 3.26. The third-order valence-corrected chi connectivity index (χ3v) is 1.18.